The van der Waals surface area contributed by atoms with E-state index in [1.807, 2.05) is 0 Å². The van der Waals surface area contributed by atoms with Crippen molar-refractivity contribution in [3.63, 3.8) is 0 Å². The molecule has 1 N–H and O–H groups in total. The van der Waals surface area contributed by atoms with Crippen LogP contribution < -0.4 is 5.32 Å². The molecule has 0 aromatic heterocycles. The summed E-state index contributed by atoms with van der Waals surface area (Å²) in [6.45, 7) is 15.6. The van der Waals surface area contributed by atoms with Crippen molar-refractivity contribution in [2.75, 3.05) is 26.2 Å². The van der Waals surface area contributed by atoms with E-state index in [-0.39, 0.29) is 5.54 Å². The number of hydrogen-bond acceptors (Lipinski definition) is 3. The van der Waals surface area contributed by atoms with Gasteiger partial charge in [0.05, 0.1) is 12.7 Å². The normalized spacial score (nSPS) is 21.9. The van der Waals surface area contributed by atoms with Crippen molar-refractivity contribution >= 4 is 0 Å². The van der Waals surface area contributed by atoms with Crippen molar-refractivity contribution < 1.29 is 4.74 Å². The Labute approximate surface area is 126 Å². The molecule has 1 saturated heterocycles. The van der Waals surface area contributed by atoms with E-state index in [1.54, 1.807) is 0 Å². The van der Waals surface area contributed by atoms with Crippen molar-refractivity contribution in [2.24, 2.45) is 0 Å². The van der Waals surface area contributed by atoms with Crippen molar-refractivity contribution in [3.05, 3.63) is 0 Å². The molecule has 0 saturated carbocycles. The Morgan fingerprint density at radius 1 is 1.15 bits per heavy atom. The summed E-state index contributed by atoms with van der Waals surface area (Å²) in [7, 11) is 0. The van der Waals surface area contributed by atoms with Crippen LogP contribution in [0.15, 0.2) is 0 Å². The van der Waals surface area contributed by atoms with Crippen molar-refractivity contribution in [2.45, 2.75) is 84.4 Å². The minimum absolute atomic E-state index is 0.213. The van der Waals surface area contributed by atoms with Gasteiger partial charge in [0.15, 0.2) is 0 Å². The zero-order valence-electron chi connectivity index (χ0n) is 14.4. The van der Waals surface area contributed by atoms with Crippen LogP contribution in [0, 0.1) is 0 Å². The predicted octanol–water partition coefficient (Wildman–Crippen LogP) is 3.43. The lowest BCUT2D eigenvalue weighted by Gasteiger charge is -2.48. The number of hydrogen-bond donors (Lipinski definition) is 1. The Bertz CT molecular complexity index is 251. The molecule has 1 aliphatic rings. The Morgan fingerprint density at radius 2 is 1.80 bits per heavy atom. The van der Waals surface area contributed by atoms with Gasteiger partial charge in [-0.1, -0.05) is 20.3 Å². The number of rotatable bonds is 9. The topological polar surface area (TPSA) is 24.5 Å². The Hall–Kier alpha value is -0.120. The molecule has 2 unspecified atom stereocenters. The molecule has 0 amide bonds. The first-order valence-electron chi connectivity index (χ1n) is 8.64. The van der Waals surface area contributed by atoms with Crippen molar-refractivity contribution in [3.8, 4) is 0 Å². The first-order chi connectivity index (χ1) is 9.54. The van der Waals surface area contributed by atoms with Gasteiger partial charge < -0.3 is 10.1 Å². The van der Waals surface area contributed by atoms with Gasteiger partial charge in [-0.25, -0.2) is 0 Å². The molecular weight excluding hydrogens is 248 g/mol. The summed E-state index contributed by atoms with van der Waals surface area (Å²) in [6, 6.07) is 0.424. The van der Waals surface area contributed by atoms with E-state index in [9.17, 15) is 0 Å². The van der Waals surface area contributed by atoms with Crippen LogP contribution in [0.25, 0.3) is 0 Å². The van der Waals surface area contributed by atoms with Crippen LogP contribution in [0.2, 0.25) is 0 Å². The van der Waals surface area contributed by atoms with Gasteiger partial charge in [0.25, 0.3) is 0 Å². The molecule has 0 radical (unpaired) electrons. The molecule has 1 fully saturated rings. The third-order valence-corrected chi connectivity index (χ3v) is 4.78. The lowest BCUT2D eigenvalue weighted by atomic mass is 9.85. The molecule has 0 bridgehead atoms. The van der Waals surface area contributed by atoms with Gasteiger partial charge in [-0.05, 0) is 66.1 Å². The molecule has 0 aliphatic carbocycles. The highest BCUT2D eigenvalue weighted by atomic mass is 16.5. The van der Waals surface area contributed by atoms with E-state index in [0.29, 0.717) is 12.1 Å². The summed E-state index contributed by atoms with van der Waals surface area (Å²) in [5, 5.41) is 3.75. The van der Waals surface area contributed by atoms with Crippen molar-refractivity contribution in [1.29, 1.82) is 0 Å². The van der Waals surface area contributed by atoms with Crippen molar-refractivity contribution in [1.82, 2.24) is 10.2 Å². The smallest absolute Gasteiger partial charge is 0.0641 e. The van der Waals surface area contributed by atoms with Crippen LogP contribution in [-0.4, -0.2) is 48.8 Å². The summed E-state index contributed by atoms with van der Waals surface area (Å²) in [6.07, 6.45) is 6.76. The molecule has 1 rings (SSSR count). The van der Waals surface area contributed by atoms with Gasteiger partial charge in [-0.2, -0.15) is 0 Å². The zero-order chi connectivity index (χ0) is 15.0. The summed E-state index contributed by atoms with van der Waals surface area (Å²) >= 11 is 0. The van der Waals surface area contributed by atoms with Crippen LogP contribution in [0.5, 0.6) is 0 Å². The largest absolute Gasteiger partial charge is 0.377 e. The van der Waals surface area contributed by atoms with Crippen LogP contribution in [0.3, 0.4) is 0 Å². The molecule has 3 nitrogen and oxygen atoms in total. The average Bonchev–Trinajstić information content (AvgIpc) is 2.47. The second kappa shape index (κ2) is 9.01. The predicted molar refractivity (Wildman–Crippen MR) is 87.3 cm³/mol. The van der Waals surface area contributed by atoms with E-state index >= 15 is 0 Å². The van der Waals surface area contributed by atoms with Crippen LogP contribution in [0.1, 0.15) is 66.7 Å². The standard InChI is InChI=1S/C17H36N2O/c1-6-11-18-16(14-20-15(3)4)17(5,7-2)19-12-9-8-10-13-19/h15-16,18H,6-14H2,1-5H3. The highest BCUT2D eigenvalue weighted by Crippen LogP contribution is 2.28. The third kappa shape index (κ3) is 5.01. The molecule has 0 aromatic carbocycles. The molecule has 20 heavy (non-hydrogen) atoms. The number of nitrogens with zero attached hydrogens (tertiary/aromatic N) is 1. The van der Waals surface area contributed by atoms with E-state index in [2.05, 4.69) is 44.8 Å². The first kappa shape index (κ1) is 17.9. The minimum atomic E-state index is 0.213. The lowest BCUT2D eigenvalue weighted by Crippen LogP contribution is -2.62. The first-order valence-corrected chi connectivity index (χ1v) is 8.64. The van der Waals surface area contributed by atoms with E-state index in [1.165, 1.54) is 45.2 Å². The molecule has 0 aromatic rings. The monoisotopic (exact) mass is 284 g/mol. The molecule has 3 heteroatoms. The number of piperidine rings is 1. The summed E-state index contributed by atoms with van der Waals surface area (Å²) in [5.74, 6) is 0. The van der Waals surface area contributed by atoms with Crippen LogP contribution in [-0.2, 0) is 4.74 Å². The Morgan fingerprint density at radius 3 is 2.30 bits per heavy atom. The van der Waals surface area contributed by atoms with Gasteiger partial charge in [0.2, 0.25) is 0 Å². The molecule has 1 aliphatic heterocycles. The molecular formula is C17H36N2O. The molecule has 1 heterocycles. The van der Waals surface area contributed by atoms with Gasteiger partial charge in [-0.15, -0.1) is 0 Å². The van der Waals surface area contributed by atoms with Gasteiger partial charge in [0, 0.05) is 11.6 Å². The van der Waals surface area contributed by atoms with Gasteiger partial charge >= 0.3 is 0 Å². The summed E-state index contributed by atoms with van der Waals surface area (Å²) in [4.78, 5) is 2.70. The summed E-state index contributed by atoms with van der Waals surface area (Å²) < 4.78 is 5.95. The fourth-order valence-corrected chi connectivity index (χ4v) is 3.16. The van der Waals surface area contributed by atoms with Gasteiger partial charge in [0.1, 0.15) is 0 Å². The van der Waals surface area contributed by atoms with Crippen LogP contribution >= 0.6 is 0 Å². The fraction of sp³-hybridized carbons (Fsp3) is 1.00. The highest BCUT2D eigenvalue weighted by molar-refractivity contribution is 4.97. The molecule has 0 spiro atoms. The molecule has 2 atom stereocenters. The van der Waals surface area contributed by atoms with E-state index in [0.717, 1.165) is 13.2 Å². The Balaban J connectivity index is 2.74. The maximum Gasteiger partial charge on any atom is 0.0641 e. The summed E-state index contributed by atoms with van der Waals surface area (Å²) in [5.41, 5.74) is 0.213. The molecule has 120 valence electrons. The van der Waals surface area contributed by atoms with E-state index in [4.69, 9.17) is 4.74 Å². The fourth-order valence-electron chi connectivity index (χ4n) is 3.16. The average molecular weight is 284 g/mol. The maximum atomic E-state index is 5.95. The number of likely N-dealkylation sites (tertiary alicyclic amines) is 1. The quantitative estimate of drug-likeness (QED) is 0.702. The highest BCUT2D eigenvalue weighted by Gasteiger charge is 2.38. The second-order valence-electron chi connectivity index (χ2n) is 6.65. The minimum Gasteiger partial charge on any atom is -0.377 e. The Kier molecular flexibility index (Phi) is 8.08. The maximum absolute atomic E-state index is 5.95. The number of nitrogens with one attached hydrogen (secondary N) is 1. The zero-order valence-corrected chi connectivity index (χ0v) is 14.4. The lowest BCUT2D eigenvalue weighted by molar-refractivity contribution is -0.0129. The second-order valence-corrected chi connectivity index (χ2v) is 6.65. The number of ether oxygens (including phenoxy) is 1. The van der Waals surface area contributed by atoms with E-state index < -0.39 is 0 Å². The van der Waals surface area contributed by atoms with Gasteiger partial charge in [-0.3, -0.25) is 4.90 Å². The third-order valence-electron chi connectivity index (χ3n) is 4.78. The SMILES string of the molecule is CCCNC(COC(C)C)C(C)(CC)N1CCCCC1. The van der Waals surface area contributed by atoms with Crippen LogP contribution in [0.4, 0.5) is 0 Å².